The number of amides is 1. The van der Waals surface area contributed by atoms with Crippen LogP contribution in [0.3, 0.4) is 0 Å². The number of benzene rings is 3. The lowest BCUT2D eigenvalue weighted by Gasteiger charge is -2.23. The number of hydrogen-bond donors (Lipinski definition) is 1. The van der Waals surface area contributed by atoms with E-state index in [4.69, 9.17) is 5.73 Å². The largest absolute Gasteiger partial charge is 0.399 e. The Hall–Kier alpha value is -3.07. The van der Waals surface area contributed by atoms with Gasteiger partial charge in [0.05, 0.1) is 5.69 Å². The number of anilines is 2. The van der Waals surface area contributed by atoms with E-state index in [1.807, 2.05) is 29.2 Å². The molecule has 2 N–H and O–H groups in total. The Morgan fingerprint density at radius 1 is 0.833 bits per heavy atom. The van der Waals surface area contributed by atoms with Gasteiger partial charge in [0.15, 0.2) is 0 Å². The molecule has 1 aliphatic rings. The maximum Gasteiger partial charge on any atom is 0.258 e. The standard InChI is InChI=1S/C21H18N2O/c22-17-11-9-16(10-12-17)21(24)23-14-13-15-5-1-2-6-18(15)19-7-3-4-8-20(19)23/h1-12H,13-14,22H2. The molecule has 3 nitrogen and oxygen atoms in total. The summed E-state index contributed by atoms with van der Waals surface area (Å²) in [6.45, 7) is 0.664. The van der Waals surface area contributed by atoms with Gasteiger partial charge in [-0.2, -0.15) is 0 Å². The number of fused-ring (bicyclic) bond motifs is 3. The van der Waals surface area contributed by atoms with Crippen molar-refractivity contribution in [2.24, 2.45) is 0 Å². The first kappa shape index (κ1) is 14.5. The third-order valence-electron chi connectivity index (χ3n) is 4.51. The molecule has 0 saturated carbocycles. The van der Waals surface area contributed by atoms with E-state index in [-0.39, 0.29) is 5.91 Å². The molecule has 0 saturated heterocycles. The highest BCUT2D eigenvalue weighted by atomic mass is 16.2. The molecule has 0 fully saturated rings. The van der Waals surface area contributed by atoms with Gasteiger partial charge in [-0.05, 0) is 47.9 Å². The van der Waals surface area contributed by atoms with Crippen molar-refractivity contribution < 1.29 is 4.79 Å². The zero-order chi connectivity index (χ0) is 16.5. The Morgan fingerprint density at radius 2 is 1.50 bits per heavy atom. The molecule has 0 unspecified atom stereocenters. The molecule has 0 aliphatic carbocycles. The summed E-state index contributed by atoms with van der Waals surface area (Å²) in [7, 11) is 0. The van der Waals surface area contributed by atoms with Gasteiger partial charge in [-0.3, -0.25) is 4.79 Å². The Balaban J connectivity index is 1.81. The van der Waals surface area contributed by atoms with Crippen LogP contribution in [-0.4, -0.2) is 12.5 Å². The summed E-state index contributed by atoms with van der Waals surface area (Å²) in [6.07, 6.45) is 0.839. The first-order valence-corrected chi connectivity index (χ1v) is 8.09. The van der Waals surface area contributed by atoms with Crippen LogP contribution in [-0.2, 0) is 6.42 Å². The van der Waals surface area contributed by atoms with Gasteiger partial charge in [-0.25, -0.2) is 0 Å². The van der Waals surface area contributed by atoms with Gasteiger partial charge in [-0.1, -0.05) is 42.5 Å². The molecular weight excluding hydrogens is 296 g/mol. The van der Waals surface area contributed by atoms with Crippen molar-refractivity contribution in [1.29, 1.82) is 0 Å². The third kappa shape index (κ3) is 2.44. The van der Waals surface area contributed by atoms with Crippen LogP contribution in [0, 0.1) is 0 Å². The van der Waals surface area contributed by atoms with Crippen LogP contribution >= 0.6 is 0 Å². The molecule has 1 amide bonds. The van der Waals surface area contributed by atoms with Gasteiger partial charge < -0.3 is 10.6 Å². The molecule has 0 spiro atoms. The Morgan fingerprint density at radius 3 is 2.29 bits per heavy atom. The number of carbonyl (C=O) groups excluding carboxylic acids is 1. The second-order valence-corrected chi connectivity index (χ2v) is 6.00. The van der Waals surface area contributed by atoms with Crippen molar-refractivity contribution in [1.82, 2.24) is 0 Å². The SMILES string of the molecule is Nc1ccc(C(=O)N2CCc3ccccc3-c3ccccc32)cc1. The van der Waals surface area contributed by atoms with Crippen molar-refractivity contribution >= 4 is 17.3 Å². The molecule has 0 atom stereocenters. The smallest absolute Gasteiger partial charge is 0.258 e. The number of rotatable bonds is 1. The Bertz CT molecular complexity index is 900. The molecule has 118 valence electrons. The Labute approximate surface area is 141 Å². The van der Waals surface area contributed by atoms with Gasteiger partial charge in [0.2, 0.25) is 0 Å². The van der Waals surface area contributed by atoms with E-state index in [0.29, 0.717) is 17.8 Å². The first-order valence-electron chi connectivity index (χ1n) is 8.09. The monoisotopic (exact) mass is 314 g/mol. The average molecular weight is 314 g/mol. The molecule has 0 radical (unpaired) electrons. The van der Waals surface area contributed by atoms with Crippen LogP contribution in [0.4, 0.5) is 11.4 Å². The highest BCUT2D eigenvalue weighted by Gasteiger charge is 2.24. The molecule has 24 heavy (non-hydrogen) atoms. The summed E-state index contributed by atoms with van der Waals surface area (Å²) in [5.41, 5.74) is 11.6. The number of nitrogens with zero attached hydrogens (tertiary/aromatic N) is 1. The van der Waals surface area contributed by atoms with E-state index < -0.39 is 0 Å². The number of carbonyl (C=O) groups is 1. The zero-order valence-corrected chi connectivity index (χ0v) is 13.3. The number of hydrogen-bond acceptors (Lipinski definition) is 2. The minimum absolute atomic E-state index is 0.00950. The Kier molecular flexibility index (Phi) is 3.54. The zero-order valence-electron chi connectivity index (χ0n) is 13.3. The van der Waals surface area contributed by atoms with Crippen molar-refractivity contribution in [2.45, 2.75) is 6.42 Å². The predicted molar refractivity (Wildman–Crippen MR) is 98.1 cm³/mol. The summed E-state index contributed by atoms with van der Waals surface area (Å²) in [5.74, 6) is 0.00950. The van der Waals surface area contributed by atoms with Gasteiger partial charge in [0, 0.05) is 23.4 Å². The van der Waals surface area contributed by atoms with E-state index in [0.717, 1.165) is 17.7 Å². The van der Waals surface area contributed by atoms with Crippen LogP contribution in [0.15, 0.2) is 72.8 Å². The van der Waals surface area contributed by atoms with Gasteiger partial charge >= 0.3 is 0 Å². The van der Waals surface area contributed by atoms with Gasteiger partial charge in [-0.15, -0.1) is 0 Å². The molecule has 4 rings (SSSR count). The van der Waals surface area contributed by atoms with Gasteiger partial charge in [0.25, 0.3) is 5.91 Å². The lowest BCUT2D eigenvalue weighted by molar-refractivity contribution is 0.0987. The molecule has 0 aromatic heterocycles. The first-order chi connectivity index (χ1) is 11.7. The molecule has 3 aromatic carbocycles. The summed E-state index contributed by atoms with van der Waals surface area (Å²) < 4.78 is 0. The van der Waals surface area contributed by atoms with Crippen LogP contribution in [0.2, 0.25) is 0 Å². The van der Waals surface area contributed by atoms with Crippen LogP contribution in [0.1, 0.15) is 15.9 Å². The molecular formula is C21H18N2O. The van der Waals surface area contributed by atoms with Crippen molar-refractivity contribution in [2.75, 3.05) is 17.2 Å². The molecule has 3 heteroatoms. The average Bonchev–Trinajstić information content (AvgIpc) is 2.79. The second-order valence-electron chi connectivity index (χ2n) is 6.00. The maximum absolute atomic E-state index is 13.1. The highest BCUT2D eigenvalue weighted by Crippen LogP contribution is 2.36. The summed E-state index contributed by atoms with van der Waals surface area (Å²) in [4.78, 5) is 14.9. The topological polar surface area (TPSA) is 46.3 Å². The van der Waals surface area contributed by atoms with Crippen molar-refractivity contribution in [3.05, 3.63) is 83.9 Å². The lowest BCUT2D eigenvalue weighted by atomic mass is 9.98. The molecule has 1 heterocycles. The van der Waals surface area contributed by atoms with Crippen LogP contribution in [0.25, 0.3) is 11.1 Å². The van der Waals surface area contributed by atoms with E-state index in [9.17, 15) is 4.79 Å². The van der Waals surface area contributed by atoms with Crippen molar-refractivity contribution in [3.63, 3.8) is 0 Å². The predicted octanol–water partition coefficient (Wildman–Crippen LogP) is 4.14. The molecule has 3 aromatic rings. The minimum atomic E-state index is 0.00950. The van der Waals surface area contributed by atoms with Crippen LogP contribution < -0.4 is 10.6 Å². The van der Waals surface area contributed by atoms with Gasteiger partial charge in [0.1, 0.15) is 0 Å². The number of nitrogen functional groups attached to an aromatic ring is 1. The van der Waals surface area contributed by atoms with E-state index in [2.05, 4.69) is 24.3 Å². The minimum Gasteiger partial charge on any atom is -0.399 e. The van der Waals surface area contributed by atoms with E-state index >= 15 is 0 Å². The van der Waals surface area contributed by atoms with Crippen molar-refractivity contribution in [3.8, 4) is 11.1 Å². The van der Waals surface area contributed by atoms with E-state index in [1.165, 1.54) is 11.1 Å². The summed E-state index contributed by atoms with van der Waals surface area (Å²) in [5, 5.41) is 0. The number of nitrogens with two attached hydrogens (primary N) is 1. The fourth-order valence-corrected chi connectivity index (χ4v) is 3.28. The lowest BCUT2D eigenvalue weighted by Crippen LogP contribution is -2.32. The summed E-state index contributed by atoms with van der Waals surface area (Å²) in [6, 6.07) is 23.6. The highest BCUT2D eigenvalue weighted by molar-refractivity contribution is 6.08. The maximum atomic E-state index is 13.1. The summed E-state index contributed by atoms with van der Waals surface area (Å²) >= 11 is 0. The van der Waals surface area contributed by atoms with E-state index in [1.54, 1.807) is 24.3 Å². The third-order valence-corrected chi connectivity index (χ3v) is 4.51. The molecule has 0 bridgehead atoms. The molecule has 1 aliphatic heterocycles. The fourth-order valence-electron chi connectivity index (χ4n) is 3.28. The van der Waals surface area contributed by atoms with Crippen LogP contribution in [0.5, 0.6) is 0 Å². The quantitative estimate of drug-likeness (QED) is 0.686. The normalized spacial score (nSPS) is 12.9. The number of para-hydroxylation sites is 1. The fraction of sp³-hybridized carbons (Fsp3) is 0.0952. The second kappa shape index (κ2) is 5.85.